The van der Waals surface area contributed by atoms with Gasteiger partial charge in [0.15, 0.2) is 5.69 Å². The monoisotopic (exact) mass is 307 g/mol. The Balaban J connectivity index is 2.29. The van der Waals surface area contributed by atoms with Crippen LogP contribution in [-0.4, -0.2) is 17.6 Å². The van der Waals surface area contributed by atoms with E-state index in [1.807, 2.05) is 6.07 Å². The first kappa shape index (κ1) is 14.3. The van der Waals surface area contributed by atoms with Gasteiger partial charge in [-0.2, -0.15) is 5.26 Å². The number of hydrogen-bond donors (Lipinski definition) is 1. The number of halogens is 1. The molecule has 1 aromatic carbocycles. The molecule has 0 amide bonds. The molecule has 0 unspecified atom stereocenters. The number of benzene rings is 1. The van der Waals surface area contributed by atoms with Gasteiger partial charge in [0.25, 0.3) is 0 Å². The van der Waals surface area contributed by atoms with Crippen molar-refractivity contribution in [3.05, 3.63) is 40.0 Å². The molecule has 2 rings (SSSR count). The van der Waals surface area contributed by atoms with Crippen molar-refractivity contribution >= 4 is 39.6 Å². The van der Waals surface area contributed by atoms with Gasteiger partial charge in [-0.1, -0.05) is 11.6 Å². The Morgan fingerprint density at radius 2 is 2.40 bits per heavy atom. The Labute approximate surface area is 124 Å². The highest BCUT2D eigenvalue weighted by atomic mass is 35.5. The zero-order valence-corrected chi connectivity index (χ0v) is 12.1. The fraction of sp³-hybridized carbons (Fsp3) is 0.154. The third-order valence-electron chi connectivity index (χ3n) is 2.38. The lowest BCUT2D eigenvalue weighted by molar-refractivity contribution is 0.0521. The zero-order valence-electron chi connectivity index (χ0n) is 10.5. The summed E-state index contributed by atoms with van der Waals surface area (Å²) >= 11 is 7.32. The molecule has 0 aliphatic carbocycles. The summed E-state index contributed by atoms with van der Waals surface area (Å²) in [5.41, 5.74) is 2.76. The number of nitrogens with zero attached hydrogens (tertiary/aromatic N) is 2. The number of carbonyl (C=O) groups excluding carboxylic acids is 1. The summed E-state index contributed by atoms with van der Waals surface area (Å²) in [6, 6.07) is 6.87. The Morgan fingerprint density at radius 1 is 1.60 bits per heavy atom. The van der Waals surface area contributed by atoms with Crippen molar-refractivity contribution in [2.45, 2.75) is 6.92 Å². The van der Waals surface area contributed by atoms with Crippen LogP contribution in [0, 0.1) is 11.3 Å². The predicted octanol–water partition coefficient (Wildman–Crippen LogP) is 3.59. The Hall–Kier alpha value is -2.10. The Bertz CT molecular complexity index is 678. The molecule has 7 heteroatoms. The third-order valence-corrected chi connectivity index (χ3v) is 3.45. The summed E-state index contributed by atoms with van der Waals surface area (Å²) in [5, 5.41) is 12.9. The van der Waals surface area contributed by atoms with Crippen molar-refractivity contribution in [2.24, 2.45) is 0 Å². The minimum absolute atomic E-state index is 0.204. The third kappa shape index (κ3) is 3.07. The van der Waals surface area contributed by atoms with Crippen LogP contribution < -0.4 is 5.32 Å². The fourth-order valence-corrected chi connectivity index (χ4v) is 2.34. The molecule has 5 nitrogen and oxygen atoms in total. The van der Waals surface area contributed by atoms with Crippen molar-refractivity contribution in [1.29, 1.82) is 5.26 Å². The Morgan fingerprint density at radius 3 is 3.10 bits per heavy atom. The van der Waals surface area contributed by atoms with Gasteiger partial charge in [0, 0.05) is 0 Å². The number of hydrogen-bond acceptors (Lipinski definition) is 6. The van der Waals surface area contributed by atoms with E-state index in [1.165, 1.54) is 16.8 Å². The number of nitrogens with one attached hydrogen (secondary N) is 1. The van der Waals surface area contributed by atoms with Crippen LogP contribution in [0.3, 0.4) is 0 Å². The topological polar surface area (TPSA) is 75.0 Å². The van der Waals surface area contributed by atoms with E-state index in [2.05, 4.69) is 10.3 Å². The summed E-state index contributed by atoms with van der Waals surface area (Å²) in [4.78, 5) is 15.7. The van der Waals surface area contributed by atoms with Crippen LogP contribution in [0.15, 0.2) is 23.7 Å². The van der Waals surface area contributed by atoms with Crippen LogP contribution in [0.4, 0.5) is 10.7 Å². The summed E-state index contributed by atoms with van der Waals surface area (Å²) in [5.74, 6) is -0.496. The number of ether oxygens (including phenoxy) is 1. The number of carbonyl (C=O) groups is 1. The quantitative estimate of drug-likeness (QED) is 0.874. The molecule has 102 valence electrons. The molecule has 1 aromatic heterocycles. The fourth-order valence-electron chi connectivity index (χ4n) is 1.49. The van der Waals surface area contributed by atoms with Gasteiger partial charge in [-0.3, -0.25) is 0 Å². The lowest BCUT2D eigenvalue weighted by Crippen LogP contribution is -2.07. The van der Waals surface area contributed by atoms with E-state index in [4.69, 9.17) is 21.6 Å². The number of thiazole rings is 1. The van der Waals surface area contributed by atoms with Gasteiger partial charge in [0.2, 0.25) is 0 Å². The molecule has 0 aliphatic heterocycles. The molecule has 0 fully saturated rings. The van der Waals surface area contributed by atoms with Gasteiger partial charge in [0.05, 0.1) is 34.5 Å². The maximum atomic E-state index is 11.7. The first-order valence-corrected chi connectivity index (χ1v) is 6.98. The molecule has 1 heterocycles. The number of anilines is 2. The molecule has 0 bridgehead atoms. The predicted molar refractivity (Wildman–Crippen MR) is 77.5 cm³/mol. The van der Waals surface area contributed by atoms with Crippen molar-refractivity contribution < 1.29 is 9.53 Å². The van der Waals surface area contributed by atoms with Crippen molar-refractivity contribution in [3.8, 4) is 6.07 Å². The van der Waals surface area contributed by atoms with Crippen LogP contribution in [0.5, 0.6) is 0 Å². The summed E-state index contributed by atoms with van der Waals surface area (Å²) < 4.78 is 4.92. The molecule has 0 saturated carbocycles. The molecular weight excluding hydrogens is 298 g/mol. The maximum absolute atomic E-state index is 11.7. The molecule has 0 radical (unpaired) electrons. The largest absolute Gasteiger partial charge is 0.461 e. The van der Waals surface area contributed by atoms with E-state index in [0.717, 1.165) is 0 Å². The second kappa shape index (κ2) is 6.37. The van der Waals surface area contributed by atoms with Crippen molar-refractivity contribution in [3.63, 3.8) is 0 Å². The average Bonchev–Trinajstić information content (AvgIpc) is 2.90. The Kier molecular flexibility index (Phi) is 4.56. The van der Waals surface area contributed by atoms with Gasteiger partial charge in [-0.25, -0.2) is 9.78 Å². The first-order chi connectivity index (χ1) is 9.65. The smallest absolute Gasteiger partial charge is 0.360 e. The molecule has 0 atom stereocenters. The lowest BCUT2D eigenvalue weighted by Gasteiger charge is -2.08. The van der Waals surface area contributed by atoms with E-state index in [0.29, 0.717) is 21.3 Å². The minimum atomic E-state index is -0.496. The molecule has 0 saturated heterocycles. The van der Waals surface area contributed by atoms with Gasteiger partial charge >= 0.3 is 5.97 Å². The van der Waals surface area contributed by atoms with E-state index < -0.39 is 5.97 Å². The SMILES string of the molecule is CCOC(=O)c1ncsc1Nc1cc(C#N)ccc1Cl. The number of esters is 1. The number of aromatic nitrogens is 1. The molecular formula is C13H10ClN3O2S. The highest BCUT2D eigenvalue weighted by Crippen LogP contribution is 2.30. The van der Waals surface area contributed by atoms with Crippen LogP contribution in [0.1, 0.15) is 23.0 Å². The molecule has 1 N–H and O–H groups in total. The number of nitriles is 1. The van der Waals surface area contributed by atoms with Crippen LogP contribution in [0.2, 0.25) is 5.02 Å². The molecule has 0 aliphatic rings. The minimum Gasteiger partial charge on any atom is -0.461 e. The lowest BCUT2D eigenvalue weighted by atomic mass is 10.2. The van der Waals surface area contributed by atoms with E-state index >= 15 is 0 Å². The zero-order chi connectivity index (χ0) is 14.5. The standard InChI is InChI=1S/C13H10ClN3O2S/c1-2-19-13(18)11-12(20-7-16-11)17-10-5-8(6-15)3-4-9(10)14/h3-5,7,17H,2H2,1H3. The highest BCUT2D eigenvalue weighted by molar-refractivity contribution is 7.14. The average molecular weight is 308 g/mol. The van der Waals surface area contributed by atoms with Crippen LogP contribution >= 0.6 is 22.9 Å². The number of rotatable bonds is 4. The van der Waals surface area contributed by atoms with E-state index in [9.17, 15) is 4.79 Å². The summed E-state index contributed by atoms with van der Waals surface area (Å²) in [6.45, 7) is 2.01. The van der Waals surface area contributed by atoms with Crippen LogP contribution in [-0.2, 0) is 4.74 Å². The van der Waals surface area contributed by atoms with E-state index in [1.54, 1.807) is 25.1 Å². The molecule has 0 spiro atoms. The van der Waals surface area contributed by atoms with Gasteiger partial charge in [0.1, 0.15) is 5.00 Å². The van der Waals surface area contributed by atoms with Crippen LogP contribution in [0.25, 0.3) is 0 Å². The van der Waals surface area contributed by atoms with Gasteiger partial charge in [-0.15, -0.1) is 11.3 Å². The van der Waals surface area contributed by atoms with Gasteiger partial charge in [-0.05, 0) is 25.1 Å². The summed E-state index contributed by atoms with van der Waals surface area (Å²) in [7, 11) is 0. The molecule has 2 aromatic rings. The normalized spacial score (nSPS) is 9.85. The van der Waals surface area contributed by atoms with Crippen molar-refractivity contribution in [1.82, 2.24) is 4.98 Å². The second-order valence-electron chi connectivity index (χ2n) is 3.68. The van der Waals surface area contributed by atoms with E-state index in [-0.39, 0.29) is 12.3 Å². The first-order valence-electron chi connectivity index (χ1n) is 5.73. The maximum Gasteiger partial charge on any atom is 0.360 e. The summed E-state index contributed by atoms with van der Waals surface area (Å²) in [6.07, 6.45) is 0. The second-order valence-corrected chi connectivity index (χ2v) is 4.94. The highest BCUT2D eigenvalue weighted by Gasteiger charge is 2.17. The van der Waals surface area contributed by atoms with Crippen molar-refractivity contribution in [2.75, 3.05) is 11.9 Å². The molecule has 20 heavy (non-hydrogen) atoms. The van der Waals surface area contributed by atoms with Gasteiger partial charge < -0.3 is 10.1 Å².